The van der Waals surface area contributed by atoms with Crippen LogP contribution in [0.15, 0.2) is 12.1 Å². The van der Waals surface area contributed by atoms with E-state index >= 15 is 0 Å². The molecule has 35 heavy (non-hydrogen) atoms. The van der Waals surface area contributed by atoms with Crippen LogP contribution in [0.1, 0.15) is 89.2 Å². The van der Waals surface area contributed by atoms with Gasteiger partial charge in [-0.25, -0.2) is 0 Å². The molecule has 0 unspecified atom stereocenters. The average Bonchev–Trinajstić information content (AvgIpc) is 2.81. The monoisotopic (exact) mass is 489 g/mol. The highest BCUT2D eigenvalue weighted by Gasteiger charge is 2.49. The number of fused-ring (bicyclic) bond motifs is 3. The zero-order valence-electron chi connectivity index (χ0n) is 22.9. The van der Waals surface area contributed by atoms with E-state index in [1.165, 1.54) is 43.2 Å². The third kappa shape index (κ3) is 5.66. The van der Waals surface area contributed by atoms with Crippen LogP contribution in [-0.2, 0) is 19.6 Å². The molecule has 4 rings (SSSR count). The highest BCUT2D eigenvalue weighted by atomic mass is 16.7. The first-order valence-electron chi connectivity index (χ1n) is 13.6. The van der Waals surface area contributed by atoms with Crippen molar-refractivity contribution < 1.29 is 23.7 Å². The summed E-state index contributed by atoms with van der Waals surface area (Å²) in [5.41, 5.74) is 2.50. The topological polar surface area (TPSA) is 49.4 Å². The molecule has 1 aromatic rings. The molecule has 0 bridgehead atoms. The molecule has 1 aliphatic carbocycles. The molecule has 0 spiro atoms. The molecule has 2 fully saturated rings. The van der Waals surface area contributed by atoms with Gasteiger partial charge in [-0.05, 0) is 64.3 Å². The van der Waals surface area contributed by atoms with Crippen molar-refractivity contribution in [1.29, 1.82) is 0 Å². The van der Waals surface area contributed by atoms with E-state index in [1.54, 1.807) is 14.2 Å². The Kier molecular flexibility index (Phi) is 8.68. The van der Waals surface area contributed by atoms with Gasteiger partial charge in [0.25, 0.3) is 0 Å². The second-order valence-electron chi connectivity index (χ2n) is 11.6. The molecule has 1 aromatic carbocycles. The second-order valence-corrected chi connectivity index (χ2v) is 11.6. The summed E-state index contributed by atoms with van der Waals surface area (Å²) in [5.74, 6) is 2.68. The summed E-state index contributed by atoms with van der Waals surface area (Å²) in [6, 6.07) is 4.66. The molecule has 0 radical (unpaired) electrons. The van der Waals surface area contributed by atoms with Crippen molar-refractivity contribution in [2.24, 2.45) is 5.92 Å². The number of rotatable bonds is 12. The molecule has 198 valence electrons. The molecular formula is C29H47NO5. The number of likely N-dealkylation sites (tertiary alicyclic amines) is 1. The van der Waals surface area contributed by atoms with Crippen LogP contribution in [0.3, 0.4) is 0 Å². The summed E-state index contributed by atoms with van der Waals surface area (Å²) in [6.07, 6.45) is 9.61. The number of methoxy groups -OCH3 is 2. The van der Waals surface area contributed by atoms with Crippen molar-refractivity contribution >= 4 is 0 Å². The predicted molar refractivity (Wildman–Crippen MR) is 138 cm³/mol. The first kappa shape index (κ1) is 26.7. The van der Waals surface area contributed by atoms with Crippen LogP contribution < -0.4 is 9.47 Å². The van der Waals surface area contributed by atoms with E-state index < -0.39 is 0 Å². The lowest BCUT2D eigenvalue weighted by molar-refractivity contribution is -0.105. The van der Waals surface area contributed by atoms with Crippen molar-refractivity contribution in [2.75, 3.05) is 47.9 Å². The molecule has 3 atom stereocenters. The van der Waals surface area contributed by atoms with Gasteiger partial charge < -0.3 is 28.6 Å². The number of likely N-dealkylation sites (N-methyl/N-ethyl adjacent to an activating group) is 1. The average molecular weight is 490 g/mol. The summed E-state index contributed by atoms with van der Waals surface area (Å²) in [4.78, 5) is 2.43. The highest BCUT2D eigenvalue weighted by molar-refractivity contribution is 5.55. The molecule has 2 heterocycles. The SMILES string of the molecule is CCCCCCC1(c2cc(OCOC)c3c(c2)OC(C)(C)[C@@H]2CC[C@@H](OCOC)C[C@@H]32)CN(C)C1. The fraction of sp³-hybridized carbons (Fsp3) is 0.793. The van der Waals surface area contributed by atoms with Gasteiger partial charge in [0.2, 0.25) is 0 Å². The van der Waals surface area contributed by atoms with Gasteiger partial charge in [-0.3, -0.25) is 0 Å². The summed E-state index contributed by atoms with van der Waals surface area (Å²) in [6.45, 7) is 9.54. The molecule has 0 N–H and O–H groups in total. The maximum atomic E-state index is 6.80. The quantitative estimate of drug-likeness (QED) is 0.270. The smallest absolute Gasteiger partial charge is 0.188 e. The van der Waals surface area contributed by atoms with Crippen molar-refractivity contribution in [2.45, 2.75) is 95.2 Å². The van der Waals surface area contributed by atoms with Gasteiger partial charge in [-0.15, -0.1) is 0 Å². The summed E-state index contributed by atoms with van der Waals surface area (Å²) >= 11 is 0. The number of unbranched alkanes of at least 4 members (excludes halogenated alkanes) is 3. The summed E-state index contributed by atoms with van der Waals surface area (Å²) < 4.78 is 29.7. The maximum Gasteiger partial charge on any atom is 0.188 e. The first-order valence-corrected chi connectivity index (χ1v) is 13.6. The van der Waals surface area contributed by atoms with Crippen LogP contribution >= 0.6 is 0 Å². The van der Waals surface area contributed by atoms with E-state index in [0.29, 0.717) is 18.6 Å². The lowest BCUT2D eigenvalue weighted by Gasteiger charge is -2.52. The van der Waals surface area contributed by atoms with E-state index in [4.69, 9.17) is 23.7 Å². The van der Waals surface area contributed by atoms with Gasteiger partial charge >= 0.3 is 0 Å². The Hall–Kier alpha value is -1.34. The number of hydrogen-bond acceptors (Lipinski definition) is 6. The molecule has 6 heteroatoms. The Morgan fingerprint density at radius 1 is 1.03 bits per heavy atom. The number of benzene rings is 1. The Morgan fingerprint density at radius 2 is 1.80 bits per heavy atom. The Balaban J connectivity index is 1.70. The standard InChI is InChI=1S/C29H47NO5/c1-7-8-9-10-13-29(17-30(4)18-29)21-14-25(34-20-32-6)27-23-16-22(33-19-31-5)11-12-24(23)28(2,3)35-26(27)15-21/h14-15,22-24H,7-13,16-20H2,1-6H3/t22-,23-,24-/m1/s1. The molecule has 6 nitrogen and oxygen atoms in total. The third-order valence-electron chi connectivity index (χ3n) is 8.56. The normalized spacial score (nSPS) is 26.9. The fourth-order valence-electron chi connectivity index (χ4n) is 6.92. The largest absolute Gasteiger partial charge is 0.487 e. The van der Waals surface area contributed by atoms with Gasteiger partial charge in [0.1, 0.15) is 23.9 Å². The minimum Gasteiger partial charge on any atom is -0.487 e. The van der Waals surface area contributed by atoms with Crippen LogP contribution in [-0.4, -0.2) is 64.5 Å². The number of nitrogens with zero attached hydrogens (tertiary/aromatic N) is 1. The molecule has 3 aliphatic rings. The van der Waals surface area contributed by atoms with Gasteiger partial charge in [0, 0.05) is 50.1 Å². The molecular weight excluding hydrogens is 442 g/mol. The van der Waals surface area contributed by atoms with Crippen LogP contribution in [0, 0.1) is 5.92 Å². The van der Waals surface area contributed by atoms with E-state index in [-0.39, 0.29) is 23.9 Å². The Morgan fingerprint density at radius 3 is 2.49 bits per heavy atom. The zero-order chi connectivity index (χ0) is 25.1. The van der Waals surface area contributed by atoms with Gasteiger partial charge in [0.05, 0.1) is 6.10 Å². The van der Waals surface area contributed by atoms with Crippen LogP contribution in [0.4, 0.5) is 0 Å². The van der Waals surface area contributed by atoms with E-state index in [0.717, 1.165) is 43.9 Å². The van der Waals surface area contributed by atoms with Crippen molar-refractivity contribution in [1.82, 2.24) is 4.90 Å². The molecule has 1 saturated heterocycles. The maximum absolute atomic E-state index is 6.80. The predicted octanol–water partition coefficient (Wildman–Crippen LogP) is 5.87. The fourth-order valence-corrected chi connectivity index (χ4v) is 6.92. The minimum atomic E-state index is -0.230. The van der Waals surface area contributed by atoms with E-state index in [9.17, 15) is 0 Å². The molecule has 2 aliphatic heterocycles. The van der Waals surface area contributed by atoms with Crippen LogP contribution in [0.2, 0.25) is 0 Å². The summed E-state index contributed by atoms with van der Waals surface area (Å²) in [7, 11) is 5.59. The third-order valence-corrected chi connectivity index (χ3v) is 8.56. The Bertz CT molecular complexity index is 835. The van der Waals surface area contributed by atoms with Crippen LogP contribution in [0.5, 0.6) is 11.5 Å². The molecule has 1 saturated carbocycles. The lowest BCUT2D eigenvalue weighted by atomic mass is 9.64. The minimum absolute atomic E-state index is 0.170. The highest BCUT2D eigenvalue weighted by Crippen LogP contribution is 2.56. The van der Waals surface area contributed by atoms with E-state index in [1.807, 2.05) is 0 Å². The number of ether oxygens (including phenoxy) is 5. The molecule has 0 aromatic heterocycles. The second kappa shape index (κ2) is 11.4. The number of hydrogen-bond donors (Lipinski definition) is 0. The lowest BCUT2D eigenvalue weighted by Crippen LogP contribution is -2.57. The van der Waals surface area contributed by atoms with Crippen LogP contribution in [0.25, 0.3) is 0 Å². The van der Waals surface area contributed by atoms with Gasteiger partial charge in [0.15, 0.2) is 6.79 Å². The first-order chi connectivity index (χ1) is 16.8. The van der Waals surface area contributed by atoms with Crippen molar-refractivity contribution in [3.63, 3.8) is 0 Å². The molecule has 0 amide bonds. The summed E-state index contributed by atoms with van der Waals surface area (Å²) in [5, 5.41) is 0. The Labute approximate surface area is 212 Å². The van der Waals surface area contributed by atoms with Gasteiger partial charge in [-0.1, -0.05) is 32.6 Å². The van der Waals surface area contributed by atoms with Gasteiger partial charge in [-0.2, -0.15) is 0 Å². The van der Waals surface area contributed by atoms with Crippen molar-refractivity contribution in [3.05, 3.63) is 23.3 Å². The van der Waals surface area contributed by atoms with Crippen molar-refractivity contribution in [3.8, 4) is 11.5 Å². The van der Waals surface area contributed by atoms with E-state index in [2.05, 4.69) is 44.9 Å². The zero-order valence-corrected chi connectivity index (χ0v) is 22.9.